The summed E-state index contributed by atoms with van der Waals surface area (Å²) in [5, 5.41) is 8.97. The van der Waals surface area contributed by atoms with Gasteiger partial charge in [0.15, 0.2) is 5.41 Å². The Morgan fingerprint density at radius 1 is 1.60 bits per heavy atom. The van der Waals surface area contributed by atoms with Crippen molar-refractivity contribution in [2.24, 2.45) is 12.5 Å². The second-order valence-corrected chi connectivity index (χ2v) is 4.96. The Hall–Kier alpha value is -1.57. The summed E-state index contributed by atoms with van der Waals surface area (Å²) in [6, 6.07) is 1.77. The molecule has 1 aromatic rings. The minimum Gasteiger partial charge on any atom is -0.355 e. The number of amides is 1. The molecule has 2 N–H and O–H groups in total. The van der Waals surface area contributed by atoms with Crippen molar-refractivity contribution in [3.8, 4) is 0 Å². The Morgan fingerprint density at radius 3 is 2.85 bits per heavy atom. The first-order valence-corrected chi connectivity index (χ1v) is 6.39. The number of nitrogens with zero attached hydrogens (tertiary/aromatic N) is 2. The molecule has 0 saturated carbocycles. The van der Waals surface area contributed by atoms with Crippen LogP contribution in [0.3, 0.4) is 0 Å². The lowest BCUT2D eigenvalue weighted by Gasteiger charge is -2.29. The van der Waals surface area contributed by atoms with Gasteiger partial charge in [-0.15, -0.1) is 0 Å². The molecule has 20 heavy (non-hydrogen) atoms. The molecule has 2 heterocycles. The zero-order valence-corrected chi connectivity index (χ0v) is 11.1. The first kappa shape index (κ1) is 14.8. The summed E-state index contributed by atoms with van der Waals surface area (Å²) in [6.45, 7) is 0.0128. The lowest BCUT2D eigenvalue weighted by Crippen LogP contribution is -2.52. The number of halogens is 3. The summed E-state index contributed by atoms with van der Waals surface area (Å²) in [4.78, 5) is 11.9. The molecule has 5 nitrogen and oxygen atoms in total. The smallest absolute Gasteiger partial charge is 0.355 e. The second kappa shape index (κ2) is 5.43. The molecule has 1 atom stereocenters. The van der Waals surface area contributed by atoms with Crippen molar-refractivity contribution >= 4 is 5.91 Å². The van der Waals surface area contributed by atoms with Crippen molar-refractivity contribution in [3.63, 3.8) is 0 Å². The number of carbonyl (C=O) groups is 1. The van der Waals surface area contributed by atoms with Gasteiger partial charge in [0.05, 0.1) is 0 Å². The Morgan fingerprint density at radius 2 is 2.35 bits per heavy atom. The van der Waals surface area contributed by atoms with E-state index in [0.29, 0.717) is 6.42 Å². The summed E-state index contributed by atoms with van der Waals surface area (Å²) >= 11 is 0. The zero-order chi connectivity index (χ0) is 14.8. The van der Waals surface area contributed by atoms with Gasteiger partial charge in [-0.1, -0.05) is 0 Å². The lowest BCUT2D eigenvalue weighted by atomic mass is 9.85. The highest BCUT2D eigenvalue weighted by atomic mass is 19.4. The van der Waals surface area contributed by atoms with Crippen LogP contribution in [-0.2, 0) is 18.3 Å². The first-order valence-electron chi connectivity index (χ1n) is 6.39. The maximum absolute atomic E-state index is 13.1. The average molecular weight is 290 g/mol. The van der Waals surface area contributed by atoms with E-state index in [0.717, 1.165) is 5.69 Å². The minimum atomic E-state index is -4.53. The van der Waals surface area contributed by atoms with Crippen LogP contribution in [0.15, 0.2) is 12.3 Å². The Balaban J connectivity index is 1.95. The van der Waals surface area contributed by atoms with Crippen molar-refractivity contribution in [1.82, 2.24) is 20.4 Å². The Labute approximate surface area is 114 Å². The molecular formula is C12H17F3N4O. The van der Waals surface area contributed by atoms with Gasteiger partial charge in [-0.2, -0.15) is 18.3 Å². The van der Waals surface area contributed by atoms with Crippen LogP contribution < -0.4 is 10.6 Å². The predicted octanol–water partition coefficient (Wildman–Crippen LogP) is 0.621. The standard InChI is InChI=1S/C12H17F3N4O/c1-19-9(3-6-18-19)2-5-17-10(20)11(12(13,14)15)4-7-16-8-11/h3,6,16H,2,4-5,7-8H2,1H3,(H,17,20). The molecule has 112 valence electrons. The van der Waals surface area contributed by atoms with Crippen LogP contribution in [-0.4, -0.2) is 41.5 Å². The van der Waals surface area contributed by atoms with Crippen molar-refractivity contribution in [1.29, 1.82) is 0 Å². The quantitative estimate of drug-likeness (QED) is 0.855. The molecule has 0 bridgehead atoms. The van der Waals surface area contributed by atoms with E-state index in [1.54, 1.807) is 24.0 Å². The van der Waals surface area contributed by atoms with Gasteiger partial charge in [0.1, 0.15) is 0 Å². The third kappa shape index (κ3) is 2.65. The van der Waals surface area contributed by atoms with Crippen molar-refractivity contribution in [3.05, 3.63) is 18.0 Å². The number of nitrogens with one attached hydrogen (secondary N) is 2. The molecule has 1 aliphatic rings. The predicted molar refractivity (Wildman–Crippen MR) is 65.9 cm³/mol. The summed E-state index contributed by atoms with van der Waals surface area (Å²) in [6.07, 6.45) is -2.69. The third-order valence-electron chi connectivity index (χ3n) is 3.72. The zero-order valence-electron chi connectivity index (χ0n) is 11.1. The fourth-order valence-corrected chi connectivity index (χ4v) is 2.38. The molecular weight excluding hydrogens is 273 g/mol. The number of alkyl halides is 3. The molecule has 1 unspecified atom stereocenters. The third-order valence-corrected chi connectivity index (χ3v) is 3.72. The molecule has 0 spiro atoms. The van der Waals surface area contributed by atoms with Crippen LogP contribution >= 0.6 is 0 Å². The fraction of sp³-hybridized carbons (Fsp3) is 0.667. The maximum atomic E-state index is 13.1. The summed E-state index contributed by atoms with van der Waals surface area (Å²) in [7, 11) is 1.75. The topological polar surface area (TPSA) is 59.0 Å². The van der Waals surface area contributed by atoms with E-state index in [1.807, 2.05) is 0 Å². The van der Waals surface area contributed by atoms with Crippen molar-refractivity contribution in [2.45, 2.75) is 19.0 Å². The largest absolute Gasteiger partial charge is 0.404 e. The maximum Gasteiger partial charge on any atom is 0.404 e. The number of carbonyl (C=O) groups excluding carboxylic acids is 1. The first-order chi connectivity index (χ1) is 9.37. The normalized spacial score (nSPS) is 23.0. The molecule has 1 aliphatic heterocycles. The van der Waals surface area contributed by atoms with E-state index in [4.69, 9.17) is 0 Å². The van der Waals surface area contributed by atoms with Gasteiger partial charge in [-0.05, 0) is 19.0 Å². The number of aryl methyl sites for hydroxylation is 1. The van der Waals surface area contributed by atoms with Gasteiger partial charge >= 0.3 is 6.18 Å². The van der Waals surface area contributed by atoms with Crippen LogP contribution in [0.2, 0.25) is 0 Å². The molecule has 0 radical (unpaired) electrons. The van der Waals surface area contributed by atoms with Gasteiger partial charge in [-0.25, -0.2) is 0 Å². The lowest BCUT2D eigenvalue weighted by molar-refractivity contribution is -0.215. The van der Waals surface area contributed by atoms with Gasteiger partial charge in [-0.3, -0.25) is 9.48 Å². The van der Waals surface area contributed by atoms with Crippen LogP contribution in [0.25, 0.3) is 0 Å². The number of rotatable bonds is 4. The molecule has 1 aromatic heterocycles. The van der Waals surface area contributed by atoms with Gasteiger partial charge in [0.2, 0.25) is 5.91 Å². The van der Waals surface area contributed by atoms with Crippen LogP contribution in [0, 0.1) is 5.41 Å². The molecule has 1 amide bonds. The Bertz CT molecular complexity index is 477. The highest BCUT2D eigenvalue weighted by molar-refractivity contribution is 5.84. The summed E-state index contributed by atoms with van der Waals surface area (Å²) < 4.78 is 41.0. The van der Waals surface area contributed by atoms with Gasteiger partial charge in [0, 0.05) is 38.4 Å². The molecule has 1 fully saturated rings. The average Bonchev–Trinajstić information content (AvgIpc) is 2.98. The van der Waals surface area contributed by atoms with E-state index in [1.165, 1.54) is 0 Å². The van der Waals surface area contributed by atoms with Crippen LogP contribution in [0.5, 0.6) is 0 Å². The summed E-state index contributed by atoms with van der Waals surface area (Å²) in [5.41, 5.74) is -1.43. The minimum absolute atomic E-state index is 0.163. The Kier molecular flexibility index (Phi) is 4.03. The van der Waals surface area contributed by atoms with Gasteiger partial charge in [0.25, 0.3) is 0 Å². The molecule has 0 aliphatic carbocycles. The molecule has 8 heteroatoms. The van der Waals surface area contributed by atoms with E-state index in [-0.39, 0.29) is 26.1 Å². The van der Waals surface area contributed by atoms with Crippen LogP contribution in [0.4, 0.5) is 13.2 Å². The van der Waals surface area contributed by atoms with Crippen LogP contribution in [0.1, 0.15) is 12.1 Å². The monoisotopic (exact) mass is 290 g/mol. The molecule has 0 aromatic carbocycles. The number of aromatic nitrogens is 2. The van der Waals surface area contributed by atoms with E-state index >= 15 is 0 Å². The number of hydrogen-bond donors (Lipinski definition) is 2. The molecule has 2 rings (SSSR count). The highest BCUT2D eigenvalue weighted by Crippen LogP contribution is 2.43. The highest BCUT2D eigenvalue weighted by Gasteiger charge is 2.61. The second-order valence-electron chi connectivity index (χ2n) is 4.96. The van der Waals surface area contributed by atoms with Crippen molar-refractivity contribution in [2.75, 3.05) is 19.6 Å². The van der Waals surface area contributed by atoms with E-state index in [9.17, 15) is 18.0 Å². The number of hydrogen-bond acceptors (Lipinski definition) is 3. The van der Waals surface area contributed by atoms with Crippen molar-refractivity contribution < 1.29 is 18.0 Å². The SMILES string of the molecule is Cn1nccc1CCNC(=O)C1(C(F)(F)F)CCNC1. The summed E-state index contributed by atoms with van der Waals surface area (Å²) in [5.74, 6) is -0.947. The molecule has 1 saturated heterocycles. The van der Waals surface area contributed by atoms with Gasteiger partial charge < -0.3 is 10.6 Å². The van der Waals surface area contributed by atoms with E-state index in [2.05, 4.69) is 15.7 Å². The fourth-order valence-electron chi connectivity index (χ4n) is 2.38. The van der Waals surface area contributed by atoms with E-state index < -0.39 is 17.5 Å².